The lowest BCUT2D eigenvalue weighted by molar-refractivity contribution is -0.136. The number of likely N-dealkylation sites (tertiary alicyclic amines) is 1. The molecule has 2 amide bonds. The number of amides is 2. The SMILES string of the molecule is Cn1ccnc1C(=O)c1ccc(NC(=O)C(=O)NCCN2CCCCC2)cc1. The first-order valence-electron chi connectivity index (χ1n) is 9.48. The highest BCUT2D eigenvalue weighted by atomic mass is 16.2. The molecule has 1 aromatic carbocycles. The Hall–Kier alpha value is -3.00. The summed E-state index contributed by atoms with van der Waals surface area (Å²) in [5.74, 6) is -1.25. The zero-order chi connectivity index (χ0) is 19.9. The van der Waals surface area contributed by atoms with Gasteiger partial charge in [-0.2, -0.15) is 0 Å². The molecule has 1 fully saturated rings. The van der Waals surface area contributed by atoms with Crippen molar-refractivity contribution >= 4 is 23.3 Å². The number of piperidine rings is 1. The number of hydrogen-bond donors (Lipinski definition) is 2. The van der Waals surface area contributed by atoms with Crippen molar-refractivity contribution in [3.63, 3.8) is 0 Å². The van der Waals surface area contributed by atoms with Crippen molar-refractivity contribution in [2.24, 2.45) is 7.05 Å². The number of rotatable bonds is 6. The lowest BCUT2D eigenvalue weighted by Crippen LogP contribution is -2.41. The monoisotopic (exact) mass is 383 g/mol. The van der Waals surface area contributed by atoms with E-state index in [-0.39, 0.29) is 5.78 Å². The molecule has 148 valence electrons. The van der Waals surface area contributed by atoms with E-state index < -0.39 is 11.8 Å². The third-order valence-electron chi connectivity index (χ3n) is 4.80. The van der Waals surface area contributed by atoms with Gasteiger partial charge in [-0.1, -0.05) is 6.42 Å². The summed E-state index contributed by atoms with van der Waals surface area (Å²) in [7, 11) is 1.75. The molecule has 0 radical (unpaired) electrons. The fourth-order valence-electron chi connectivity index (χ4n) is 3.20. The molecule has 1 aliphatic heterocycles. The first-order valence-corrected chi connectivity index (χ1v) is 9.48. The third-order valence-corrected chi connectivity index (χ3v) is 4.80. The summed E-state index contributed by atoms with van der Waals surface area (Å²) in [6.45, 7) is 3.29. The number of ketones is 1. The molecule has 0 bridgehead atoms. The van der Waals surface area contributed by atoms with Crippen LogP contribution < -0.4 is 10.6 Å². The van der Waals surface area contributed by atoms with Gasteiger partial charge >= 0.3 is 11.8 Å². The van der Waals surface area contributed by atoms with Gasteiger partial charge in [-0.05, 0) is 50.2 Å². The molecule has 3 rings (SSSR count). The van der Waals surface area contributed by atoms with Gasteiger partial charge in [0, 0.05) is 43.8 Å². The van der Waals surface area contributed by atoms with Crippen LogP contribution in [0.1, 0.15) is 35.4 Å². The Morgan fingerprint density at radius 1 is 1.04 bits per heavy atom. The molecule has 0 spiro atoms. The van der Waals surface area contributed by atoms with Gasteiger partial charge in [0.25, 0.3) is 0 Å². The number of aromatic nitrogens is 2. The number of nitrogens with zero attached hydrogens (tertiary/aromatic N) is 3. The van der Waals surface area contributed by atoms with Crippen molar-refractivity contribution < 1.29 is 14.4 Å². The van der Waals surface area contributed by atoms with E-state index in [1.54, 1.807) is 48.3 Å². The van der Waals surface area contributed by atoms with Gasteiger partial charge in [0.05, 0.1) is 0 Å². The average Bonchev–Trinajstić information content (AvgIpc) is 3.14. The minimum absolute atomic E-state index is 0.208. The highest BCUT2D eigenvalue weighted by Crippen LogP contribution is 2.13. The molecule has 0 saturated carbocycles. The molecule has 1 aliphatic rings. The molecule has 28 heavy (non-hydrogen) atoms. The number of anilines is 1. The zero-order valence-corrected chi connectivity index (χ0v) is 16.0. The minimum Gasteiger partial charge on any atom is -0.347 e. The second kappa shape index (κ2) is 9.27. The summed E-state index contributed by atoms with van der Waals surface area (Å²) in [4.78, 5) is 42.7. The predicted molar refractivity (Wildman–Crippen MR) is 105 cm³/mol. The van der Waals surface area contributed by atoms with Crippen LogP contribution in [-0.4, -0.2) is 58.2 Å². The van der Waals surface area contributed by atoms with Crippen LogP contribution in [0.4, 0.5) is 5.69 Å². The molecule has 1 saturated heterocycles. The van der Waals surface area contributed by atoms with Crippen molar-refractivity contribution in [2.75, 3.05) is 31.5 Å². The fraction of sp³-hybridized carbons (Fsp3) is 0.400. The van der Waals surface area contributed by atoms with Gasteiger partial charge < -0.3 is 20.1 Å². The van der Waals surface area contributed by atoms with Crippen LogP contribution in [0.25, 0.3) is 0 Å². The molecule has 0 aliphatic carbocycles. The summed E-state index contributed by atoms with van der Waals surface area (Å²) in [6, 6.07) is 6.38. The standard InChI is InChI=1S/C20H25N5O3/c1-24-13-9-21-18(24)17(26)15-5-7-16(8-6-15)23-20(28)19(27)22-10-14-25-11-3-2-4-12-25/h5-9,13H,2-4,10-12,14H2,1H3,(H,22,27)(H,23,28). The Kier molecular flexibility index (Phi) is 6.54. The maximum absolute atomic E-state index is 12.4. The van der Waals surface area contributed by atoms with Crippen LogP contribution >= 0.6 is 0 Å². The van der Waals surface area contributed by atoms with Gasteiger partial charge in [-0.3, -0.25) is 14.4 Å². The van der Waals surface area contributed by atoms with Gasteiger partial charge in [-0.15, -0.1) is 0 Å². The first kappa shape index (κ1) is 19.8. The smallest absolute Gasteiger partial charge is 0.313 e. The normalized spacial score (nSPS) is 14.5. The molecule has 2 heterocycles. The van der Waals surface area contributed by atoms with Crippen LogP contribution in [0.2, 0.25) is 0 Å². The molecule has 8 nitrogen and oxygen atoms in total. The lowest BCUT2D eigenvalue weighted by atomic mass is 10.1. The quantitative estimate of drug-likeness (QED) is 0.577. The van der Waals surface area contributed by atoms with Gasteiger partial charge in [0.1, 0.15) is 0 Å². The number of hydrogen-bond acceptors (Lipinski definition) is 5. The molecular weight excluding hydrogens is 358 g/mol. The van der Waals surface area contributed by atoms with Gasteiger partial charge in [0.2, 0.25) is 5.78 Å². The third kappa shape index (κ3) is 5.04. The topological polar surface area (TPSA) is 96.3 Å². The van der Waals surface area contributed by atoms with E-state index in [1.165, 1.54) is 19.3 Å². The van der Waals surface area contributed by atoms with Gasteiger partial charge in [-0.25, -0.2) is 4.98 Å². The zero-order valence-electron chi connectivity index (χ0n) is 16.0. The van der Waals surface area contributed by atoms with E-state index in [0.717, 1.165) is 19.6 Å². The second-order valence-electron chi connectivity index (χ2n) is 6.88. The first-order chi connectivity index (χ1) is 13.5. The van der Waals surface area contributed by atoms with E-state index in [4.69, 9.17) is 0 Å². The Morgan fingerprint density at radius 3 is 2.39 bits per heavy atom. The number of carbonyl (C=O) groups excluding carboxylic acids is 3. The van der Waals surface area contributed by atoms with Crippen molar-refractivity contribution in [3.8, 4) is 0 Å². The molecule has 0 unspecified atom stereocenters. The number of carbonyl (C=O) groups is 3. The van der Waals surface area contributed by atoms with Crippen molar-refractivity contribution in [3.05, 3.63) is 48.0 Å². The molecule has 8 heteroatoms. The Balaban J connectivity index is 1.47. The predicted octanol–water partition coefficient (Wildman–Crippen LogP) is 1.19. The lowest BCUT2D eigenvalue weighted by Gasteiger charge is -2.26. The highest BCUT2D eigenvalue weighted by molar-refractivity contribution is 6.39. The maximum atomic E-state index is 12.4. The van der Waals surface area contributed by atoms with Crippen LogP contribution in [-0.2, 0) is 16.6 Å². The van der Waals surface area contributed by atoms with Gasteiger partial charge in [0.15, 0.2) is 5.82 Å². The van der Waals surface area contributed by atoms with E-state index in [1.807, 2.05) is 0 Å². The number of aryl methyl sites for hydroxylation is 1. The molecular formula is C20H25N5O3. The summed E-state index contributed by atoms with van der Waals surface area (Å²) in [6.07, 6.45) is 6.90. The maximum Gasteiger partial charge on any atom is 0.313 e. The Labute approximate surface area is 163 Å². The summed E-state index contributed by atoms with van der Waals surface area (Å²) in [5.41, 5.74) is 0.908. The molecule has 1 aromatic heterocycles. The summed E-state index contributed by atoms with van der Waals surface area (Å²) >= 11 is 0. The number of benzene rings is 1. The van der Waals surface area contributed by atoms with E-state index in [2.05, 4.69) is 20.5 Å². The van der Waals surface area contributed by atoms with E-state index >= 15 is 0 Å². The van der Waals surface area contributed by atoms with Crippen molar-refractivity contribution in [1.29, 1.82) is 0 Å². The van der Waals surface area contributed by atoms with E-state index in [0.29, 0.717) is 23.6 Å². The van der Waals surface area contributed by atoms with Crippen molar-refractivity contribution in [1.82, 2.24) is 19.8 Å². The summed E-state index contributed by atoms with van der Waals surface area (Å²) < 4.78 is 1.65. The van der Waals surface area contributed by atoms with Crippen LogP contribution in [0, 0.1) is 0 Å². The number of nitrogens with one attached hydrogen (secondary N) is 2. The number of imidazole rings is 1. The van der Waals surface area contributed by atoms with Crippen LogP contribution in [0.15, 0.2) is 36.7 Å². The second-order valence-corrected chi connectivity index (χ2v) is 6.88. The summed E-state index contributed by atoms with van der Waals surface area (Å²) in [5, 5.41) is 5.19. The fourth-order valence-corrected chi connectivity index (χ4v) is 3.20. The van der Waals surface area contributed by atoms with Crippen LogP contribution in [0.3, 0.4) is 0 Å². The highest BCUT2D eigenvalue weighted by Gasteiger charge is 2.16. The minimum atomic E-state index is -0.721. The van der Waals surface area contributed by atoms with E-state index in [9.17, 15) is 14.4 Å². The Morgan fingerprint density at radius 2 is 1.75 bits per heavy atom. The van der Waals surface area contributed by atoms with Crippen LogP contribution in [0.5, 0.6) is 0 Å². The largest absolute Gasteiger partial charge is 0.347 e. The Bertz CT molecular complexity index is 838. The molecule has 2 N–H and O–H groups in total. The average molecular weight is 383 g/mol. The molecule has 2 aromatic rings. The molecule has 0 atom stereocenters. The van der Waals surface area contributed by atoms with Crippen molar-refractivity contribution in [2.45, 2.75) is 19.3 Å².